The standard InChI is InChI=1S/C21H19N5OS2/c27-19(22-20(18-12-7-13-28-18)17-10-5-2-6-11-17)15-29-21-23-24-25-26(21)14-16-8-3-1-4-9-16/h1-13,20H,14-15H2,(H,22,27)/t20-/m1/s1. The summed E-state index contributed by atoms with van der Waals surface area (Å²) < 4.78 is 1.71. The van der Waals surface area contributed by atoms with E-state index in [1.165, 1.54) is 11.8 Å². The van der Waals surface area contributed by atoms with Crippen LogP contribution in [0.4, 0.5) is 0 Å². The smallest absolute Gasteiger partial charge is 0.231 e. The Morgan fingerprint density at radius 3 is 2.52 bits per heavy atom. The van der Waals surface area contributed by atoms with E-state index in [9.17, 15) is 4.79 Å². The van der Waals surface area contributed by atoms with E-state index in [1.807, 2.05) is 78.2 Å². The van der Waals surface area contributed by atoms with Crippen molar-refractivity contribution in [1.82, 2.24) is 25.5 Å². The van der Waals surface area contributed by atoms with Crippen molar-refractivity contribution in [3.8, 4) is 0 Å². The lowest BCUT2D eigenvalue weighted by Crippen LogP contribution is -2.30. The molecule has 6 nitrogen and oxygen atoms in total. The summed E-state index contributed by atoms with van der Waals surface area (Å²) in [6, 6.07) is 23.8. The Kier molecular flexibility index (Phi) is 6.33. The van der Waals surface area contributed by atoms with E-state index in [2.05, 4.69) is 20.8 Å². The van der Waals surface area contributed by atoms with Gasteiger partial charge in [0.05, 0.1) is 18.3 Å². The molecule has 0 spiro atoms. The minimum absolute atomic E-state index is 0.0634. The minimum Gasteiger partial charge on any atom is -0.344 e. The fourth-order valence-corrected chi connectivity index (χ4v) is 4.40. The van der Waals surface area contributed by atoms with Crippen molar-refractivity contribution in [2.75, 3.05) is 5.75 Å². The van der Waals surface area contributed by atoms with Gasteiger partial charge in [-0.1, -0.05) is 78.5 Å². The first kappa shape index (κ1) is 19.4. The zero-order valence-electron chi connectivity index (χ0n) is 15.5. The van der Waals surface area contributed by atoms with Crippen LogP contribution >= 0.6 is 23.1 Å². The van der Waals surface area contributed by atoms with Gasteiger partial charge in [-0.15, -0.1) is 16.4 Å². The van der Waals surface area contributed by atoms with Crippen LogP contribution < -0.4 is 5.32 Å². The summed E-state index contributed by atoms with van der Waals surface area (Å²) in [5.74, 6) is 0.177. The maximum absolute atomic E-state index is 12.7. The Balaban J connectivity index is 1.40. The maximum Gasteiger partial charge on any atom is 0.231 e. The zero-order valence-corrected chi connectivity index (χ0v) is 17.1. The molecule has 0 radical (unpaired) electrons. The number of thioether (sulfide) groups is 1. The van der Waals surface area contributed by atoms with E-state index in [0.717, 1.165) is 16.0 Å². The molecule has 146 valence electrons. The number of hydrogen-bond donors (Lipinski definition) is 1. The number of aromatic nitrogens is 4. The fraction of sp³-hybridized carbons (Fsp3) is 0.143. The first-order valence-electron chi connectivity index (χ1n) is 9.10. The molecule has 4 rings (SSSR count). The minimum atomic E-state index is -0.162. The predicted octanol–water partition coefficient (Wildman–Crippen LogP) is 3.78. The topological polar surface area (TPSA) is 72.7 Å². The molecule has 1 amide bonds. The third-order valence-electron chi connectivity index (χ3n) is 4.27. The summed E-state index contributed by atoms with van der Waals surface area (Å²) in [7, 11) is 0. The monoisotopic (exact) mass is 421 g/mol. The van der Waals surface area contributed by atoms with E-state index in [4.69, 9.17) is 0 Å². The first-order valence-corrected chi connectivity index (χ1v) is 11.0. The number of rotatable bonds is 8. The number of thiophene rings is 1. The lowest BCUT2D eigenvalue weighted by atomic mass is 10.1. The van der Waals surface area contributed by atoms with E-state index < -0.39 is 0 Å². The number of hydrogen-bond acceptors (Lipinski definition) is 6. The van der Waals surface area contributed by atoms with Crippen LogP contribution in [0.3, 0.4) is 0 Å². The molecule has 0 unspecified atom stereocenters. The van der Waals surface area contributed by atoms with Gasteiger partial charge < -0.3 is 5.32 Å². The molecule has 1 N–H and O–H groups in total. The molecule has 0 saturated carbocycles. The molecule has 29 heavy (non-hydrogen) atoms. The van der Waals surface area contributed by atoms with Crippen LogP contribution in [-0.4, -0.2) is 31.9 Å². The number of benzene rings is 2. The van der Waals surface area contributed by atoms with Crippen molar-refractivity contribution in [2.45, 2.75) is 17.7 Å². The van der Waals surface area contributed by atoms with Gasteiger partial charge in [-0.2, -0.15) is 0 Å². The lowest BCUT2D eigenvalue weighted by molar-refractivity contribution is -0.119. The maximum atomic E-state index is 12.7. The van der Waals surface area contributed by atoms with Crippen molar-refractivity contribution in [3.05, 3.63) is 94.2 Å². The van der Waals surface area contributed by atoms with Crippen LogP contribution in [-0.2, 0) is 11.3 Å². The third-order valence-corrected chi connectivity index (χ3v) is 6.17. The molecule has 0 fully saturated rings. The molecule has 8 heteroatoms. The van der Waals surface area contributed by atoms with Gasteiger partial charge in [0.15, 0.2) is 0 Å². The van der Waals surface area contributed by atoms with E-state index in [0.29, 0.717) is 11.7 Å². The third kappa shape index (κ3) is 5.10. The number of nitrogens with zero attached hydrogens (tertiary/aromatic N) is 4. The molecular formula is C21H19N5OS2. The highest BCUT2D eigenvalue weighted by Crippen LogP contribution is 2.26. The van der Waals surface area contributed by atoms with Crippen LogP contribution in [0.25, 0.3) is 0 Å². The van der Waals surface area contributed by atoms with Crippen LogP contribution in [0.1, 0.15) is 22.0 Å². The summed E-state index contributed by atoms with van der Waals surface area (Å²) in [6.07, 6.45) is 0. The normalized spacial score (nSPS) is 11.9. The van der Waals surface area contributed by atoms with Crippen molar-refractivity contribution in [2.24, 2.45) is 0 Å². The molecule has 2 aromatic carbocycles. The molecule has 0 bridgehead atoms. The number of carbonyl (C=O) groups excluding carboxylic acids is 1. The van der Waals surface area contributed by atoms with Crippen molar-refractivity contribution < 1.29 is 4.79 Å². The number of tetrazole rings is 1. The van der Waals surface area contributed by atoms with Gasteiger partial charge in [0.2, 0.25) is 11.1 Å². The number of nitrogens with one attached hydrogen (secondary N) is 1. The average Bonchev–Trinajstić information content (AvgIpc) is 3.44. The van der Waals surface area contributed by atoms with E-state index in [-0.39, 0.29) is 17.7 Å². The van der Waals surface area contributed by atoms with Gasteiger partial charge in [-0.05, 0) is 33.0 Å². The molecular weight excluding hydrogens is 402 g/mol. The van der Waals surface area contributed by atoms with Crippen molar-refractivity contribution >= 4 is 29.0 Å². The Labute approximate surface area is 177 Å². The molecule has 0 aliphatic heterocycles. The first-order chi connectivity index (χ1) is 14.3. The van der Waals surface area contributed by atoms with Gasteiger partial charge in [0.25, 0.3) is 0 Å². The summed E-state index contributed by atoms with van der Waals surface area (Å²) >= 11 is 2.96. The summed E-state index contributed by atoms with van der Waals surface area (Å²) in [4.78, 5) is 13.8. The zero-order chi connectivity index (χ0) is 19.9. The van der Waals surface area contributed by atoms with Gasteiger partial charge in [0.1, 0.15) is 0 Å². The van der Waals surface area contributed by atoms with E-state index in [1.54, 1.807) is 16.0 Å². The second-order valence-electron chi connectivity index (χ2n) is 6.32. The van der Waals surface area contributed by atoms with Crippen LogP contribution in [0.2, 0.25) is 0 Å². The Morgan fingerprint density at radius 1 is 1.03 bits per heavy atom. The quantitative estimate of drug-likeness (QED) is 0.438. The van der Waals surface area contributed by atoms with Crippen LogP contribution in [0, 0.1) is 0 Å². The fourth-order valence-electron chi connectivity index (χ4n) is 2.91. The van der Waals surface area contributed by atoms with E-state index >= 15 is 0 Å². The molecule has 0 saturated heterocycles. The van der Waals surface area contributed by atoms with Gasteiger partial charge >= 0.3 is 0 Å². The second-order valence-corrected chi connectivity index (χ2v) is 8.24. The predicted molar refractivity (Wildman–Crippen MR) is 115 cm³/mol. The van der Waals surface area contributed by atoms with Crippen LogP contribution in [0.5, 0.6) is 0 Å². The number of amides is 1. The second kappa shape index (κ2) is 9.49. The SMILES string of the molecule is O=C(CSc1nnnn1Cc1ccccc1)N[C@H](c1ccccc1)c1cccs1. The highest BCUT2D eigenvalue weighted by Gasteiger charge is 2.18. The summed E-state index contributed by atoms with van der Waals surface area (Å²) in [5, 5.41) is 17.6. The highest BCUT2D eigenvalue weighted by molar-refractivity contribution is 7.99. The van der Waals surface area contributed by atoms with Gasteiger partial charge in [0, 0.05) is 4.88 Å². The molecule has 4 aromatic rings. The van der Waals surface area contributed by atoms with Crippen LogP contribution in [0.15, 0.2) is 83.3 Å². The molecule has 2 heterocycles. The molecule has 1 atom stereocenters. The highest BCUT2D eigenvalue weighted by atomic mass is 32.2. The van der Waals surface area contributed by atoms with Crippen molar-refractivity contribution in [1.29, 1.82) is 0 Å². The molecule has 2 aromatic heterocycles. The largest absolute Gasteiger partial charge is 0.344 e. The Morgan fingerprint density at radius 2 is 1.79 bits per heavy atom. The van der Waals surface area contributed by atoms with Crippen molar-refractivity contribution in [3.63, 3.8) is 0 Å². The lowest BCUT2D eigenvalue weighted by Gasteiger charge is -2.18. The van der Waals surface area contributed by atoms with Gasteiger partial charge in [-0.3, -0.25) is 4.79 Å². The number of carbonyl (C=O) groups is 1. The Hall–Kier alpha value is -2.97. The average molecular weight is 422 g/mol. The molecule has 0 aliphatic rings. The summed E-state index contributed by atoms with van der Waals surface area (Å²) in [5.41, 5.74) is 2.16. The summed E-state index contributed by atoms with van der Waals surface area (Å²) in [6.45, 7) is 0.569. The Bertz CT molecular complexity index is 1040. The van der Waals surface area contributed by atoms with Gasteiger partial charge in [-0.25, -0.2) is 4.68 Å². The molecule has 0 aliphatic carbocycles.